The number of amides is 13. The van der Waals surface area contributed by atoms with Crippen LogP contribution >= 0.6 is 11.8 Å². The van der Waals surface area contributed by atoms with Crippen LogP contribution < -0.4 is 104 Å². The van der Waals surface area contributed by atoms with E-state index in [9.17, 15) is 75.8 Å². The summed E-state index contributed by atoms with van der Waals surface area (Å²) in [7, 11) is 0. The van der Waals surface area contributed by atoms with Crippen LogP contribution in [0, 0.1) is 5.92 Å². The van der Waals surface area contributed by atoms with Gasteiger partial charge in [0.1, 0.15) is 60.4 Å². The first-order valence-electron chi connectivity index (χ1n) is 35.3. The van der Waals surface area contributed by atoms with E-state index in [1.165, 1.54) is 11.0 Å². The molecule has 4 rings (SSSR count). The fourth-order valence-electron chi connectivity index (χ4n) is 11.5. The Hall–Kier alpha value is -11.1. The molecule has 2 saturated heterocycles. The molecule has 0 bridgehead atoms. The largest absolute Gasteiger partial charge is 0.481 e. The van der Waals surface area contributed by atoms with Crippen molar-refractivity contribution in [3.63, 3.8) is 0 Å². The molecule has 0 radical (unpaired) electrons. The normalized spacial score (nSPS) is 22.9. The number of guanidine groups is 3. The number of aliphatic imine (C=N–C) groups is 3. The molecule has 0 aliphatic carbocycles. The number of halogens is 3. The second kappa shape index (κ2) is 46.2. The summed E-state index contributed by atoms with van der Waals surface area (Å²) in [6.07, 6.45) is -7.44. The van der Waals surface area contributed by atoms with Crippen molar-refractivity contribution in [1.82, 2.24) is 63.4 Å². The lowest BCUT2D eigenvalue weighted by molar-refractivity contribution is -0.143. The quantitative estimate of drug-likeness (QED) is 0.0250. The molecule has 0 saturated carbocycles. The van der Waals surface area contributed by atoms with Crippen molar-refractivity contribution in [3.05, 3.63) is 71.3 Å². The van der Waals surface area contributed by atoms with Crippen molar-refractivity contribution in [3.8, 4) is 0 Å². The van der Waals surface area contributed by atoms with Crippen LogP contribution in [0.25, 0.3) is 0 Å². The molecule has 13 amide bonds. The number of thioether (sulfide) groups is 1. The number of hydrogen-bond donors (Lipinski definition) is 20. The number of carboxylic acid groups (broad SMARTS) is 1. The summed E-state index contributed by atoms with van der Waals surface area (Å²) in [5.74, 6) is -17.4. The Morgan fingerprint density at radius 3 is 1.55 bits per heavy atom. The van der Waals surface area contributed by atoms with Gasteiger partial charge < -0.3 is 114 Å². The molecule has 2 aliphatic heterocycles. The van der Waals surface area contributed by atoms with Crippen LogP contribution in [0.3, 0.4) is 0 Å². The molecule has 38 nitrogen and oxygen atoms in total. The topological polar surface area (TPSA) is 640 Å². The third kappa shape index (κ3) is 33.3. The van der Waals surface area contributed by atoms with Crippen LogP contribution in [-0.4, -0.2) is 228 Å². The maximum Gasteiger partial charge on any atom is 0.416 e. The Labute approximate surface area is 630 Å². The maximum absolute atomic E-state index is 15.1. The Morgan fingerprint density at radius 2 is 1.00 bits per heavy atom. The highest BCUT2D eigenvalue weighted by Crippen LogP contribution is 2.33. The first kappa shape index (κ1) is 90.3. The Bertz CT molecular complexity index is 3570. The zero-order valence-corrected chi connectivity index (χ0v) is 61.4. The number of primary amides is 1. The van der Waals surface area contributed by atoms with Crippen LogP contribution in [0.5, 0.6) is 0 Å². The van der Waals surface area contributed by atoms with E-state index in [1.807, 2.05) is 0 Å². The summed E-state index contributed by atoms with van der Waals surface area (Å²) in [4.78, 5) is 210. The smallest absolute Gasteiger partial charge is 0.416 e. The van der Waals surface area contributed by atoms with Gasteiger partial charge in [-0.05, 0) is 107 Å². The number of fused-ring (bicyclic) bond motifs is 1. The van der Waals surface area contributed by atoms with Crippen molar-refractivity contribution in [2.75, 3.05) is 57.3 Å². The summed E-state index contributed by atoms with van der Waals surface area (Å²) in [6, 6.07) is -3.68. The molecular weight excluding hydrogens is 1460 g/mol. The average Bonchev–Trinajstić information content (AvgIpc) is 1.81. The summed E-state index contributed by atoms with van der Waals surface area (Å²) >= 11 is 0.669. The first-order valence-corrected chi connectivity index (χ1v) is 36.4. The molecule has 2 aliphatic rings. The number of nitrogens with zero attached hydrogens (tertiary/aromatic N) is 4. The van der Waals surface area contributed by atoms with Crippen LogP contribution in [0.1, 0.15) is 114 Å². The van der Waals surface area contributed by atoms with E-state index >= 15 is 9.59 Å². The molecule has 10 atom stereocenters. The highest BCUT2D eigenvalue weighted by molar-refractivity contribution is 8.00. The van der Waals surface area contributed by atoms with Gasteiger partial charge in [0.15, 0.2) is 17.9 Å². The van der Waals surface area contributed by atoms with Crippen molar-refractivity contribution in [2.45, 2.75) is 177 Å². The lowest BCUT2D eigenvalue weighted by Crippen LogP contribution is -2.61. The zero-order valence-electron chi connectivity index (χ0n) is 60.6. The zero-order chi connectivity index (χ0) is 80.9. The van der Waals surface area contributed by atoms with Crippen molar-refractivity contribution in [1.29, 1.82) is 0 Å². The van der Waals surface area contributed by atoms with E-state index in [-0.39, 0.29) is 128 Å². The number of alkyl halides is 3. The molecule has 2 aromatic carbocycles. The molecule has 2 fully saturated rings. The fraction of sp³-hybridized carbons (Fsp3) is 0.567. The molecule has 0 aromatic heterocycles. The van der Waals surface area contributed by atoms with Gasteiger partial charge in [-0.15, -0.1) is 11.8 Å². The Balaban J connectivity index is 1.88. The SMILES string of the molecule is CC(C)C[C@@H]1NC(=O)[C@H](Cc2ccccc2C(F)(F)F)NC(=O)CSC[C@@H](C(N)=O)NC(=O)CNC(=O)CNC(=O)[C@H](CCCN=C(N)N)NC(=O)[C@H](CC(=O)O)NC(=O)[C@H](CCCCN)NC(=O)[C@@H]2CCCN2C(=O)[C@H](CCCN=C(N)N)NC(=O)[C@H](Cc2ccccc2)NC(=O)[C@H](CCCN=C(N)N)NC1=O. The second-order valence-electron chi connectivity index (χ2n) is 26.2. The molecule has 0 spiro atoms. The highest BCUT2D eigenvalue weighted by atomic mass is 32.2. The summed E-state index contributed by atoms with van der Waals surface area (Å²) < 4.78 is 43.6. The van der Waals surface area contributed by atoms with Gasteiger partial charge >= 0.3 is 12.1 Å². The van der Waals surface area contributed by atoms with Gasteiger partial charge in [-0.3, -0.25) is 82.1 Å². The van der Waals surface area contributed by atoms with Crippen LogP contribution in [-0.2, 0) is 86.1 Å². The third-order valence-electron chi connectivity index (χ3n) is 16.9. The molecule has 42 heteroatoms. The minimum absolute atomic E-state index is 0.00594. The molecule has 28 N–H and O–H groups in total. The number of hydrogen-bond acceptors (Lipinski definition) is 19. The van der Waals surface area contributed by atoms with E-state index in [2.05, 4.69) is 73.5 Å². The third-order valence-corrected chi connectivity index (χ3v) is 17.9. The number of nitrogens with two attached hydrogens (primary N) is 8. The molecule has 2 heterocycles. The molecule has 2 aromatic rings. The van der Waals surface area contributed by atoms with E-state index in [4.69, 9.17) is 45.9 Å². The summed E-state index contributed by atoms with van der Waals surface area (Å²) in [6.45, 7) is 1.41. The van der Waals surface area contributed by atoms with E-state index < -0.39 is 204 Å². The molecular formula is C67H102F3N23O15S. The average molecular weight is 1560 g/mol. The first-order chi connectivity index (χ1) is 51.6. The second-order valence-corrected chi connectivity index (χ2v) is 27.2. The minimum atomic E-state index is -4.96. The van der Waals surface area contributed by atoms with Crippen molar-refractivity contribution < 1.29 is 85.4 Å². The van der Waals surface area contributed by atoms with Gasteiger partial charge in [0.25, 0.3) is 0 Å². The molecule has 0 unspecified atom stereocenters. The van der Waals surface area contributed by atoms with Gasteiger partial charge in [-0.2, -0.15) is 13.2 Å². The van der Waals surface area contributed by atoms with Crippen LogP contribution in [0.4, 0.5) is 13.2 Å². The number of nitrogens with one attached hydrogen (secondary N) is 11. The minimum Gasteiger partial charge on any atom is -0.481 e. The molecule has 602 valence electrons. The highest BCUT2D eigenvalue weighted by Gasteiger charge is 2.42. The number of carbonyl (C=O) groups is 14. The number of carbonyl (C=O) groups excluding carboxylic acids is 13. The standard InChI is InChI=1S/C67H102F3N23O15S/c1-36(2)28-44-58(103)87-42(20-11-25-80-65(75)76)57(102)91-45(29-37-14-4-3-5-15-37)59(104)89-43(21-12-26-81-66(77)78)63(108)93-27-13-22-49(93)62(107)88-41(18-8-9-23-71)56(101)92-47(31-53(97)98)61(106)86-40(19-10-24-79-64(73)74)55(100)83-32-50(94)82-33-51(95)85-48(54(72)99)34-109-35-52(96)84-46(60(105)90-44)30-38-16-6-7-17-39(38)67(68,69)70/h3-7,14-17,36,40-49H,8-13,18-35,71H2,1-2H3,(H2,72,99)(H,82,94)(H,83,100)(H,84,96)(H,85,95)(H,86,106)(H,87,103)(H,88,107)(H,89,104)(H,90,105)(H,91,102)(H,92,101)(H,97,98)(H4,73,74,79)(H4,75,76,80)(H4,77,78,81)/t40-,41-,42-,43-,44-,45-,46-,47-,48-,49-/m0/s1. The van der Waals surface area contributed by atoms with Crippen LogP contribution in [0.15, 0.2) is 69.6 Å². The van der Waals surface area contributed by atoms with Gasteiger partial charge in [-0.1, -0.05) is 62.4 Å². The van der Waals surface area contributed by atoms with E-state index in [1.54, 1.807) is 44.2 Å². The predicted molar refractivity (Wildman–Crippen MR) is 394 cm³/mol. The summed E-state index contributed by atoms with van der Waals surface area (Å²) in [5, 5.41) is 37.1. The maximum atomic E-state index is 15.1. The van der Waals surface area contributed by atoms with Crippen molar-refractivity contribution >= 4 is 112 Å². The van der Waals surface area contributed by atoms with Gasteiger partial charge in [-0.25, -0.2) is 0 Å². The lowest BCUT2D eigenvalue weighted by atomic mass is 9.97. The van der Waals surface area contributed by atoms with Crippen LogP contribution in [0.2, 0.25) is 0 Å². The molecule has 109 heavy (non-hydrogen) atoms. The fourth-order valence-corrected chi connectivity index (χ4v) is 12.4. The number of rotatable bonds is 25. The number of unbranched alkanes of at least 4 members (excludes halogenated alkanes) is 1. The number of aliphatic carboxylic acids is 1. The van der Waals surface area contributed by atoms with Gasteiger partial charge in [0.05, 0.1) is 30.8 Å². The monoisotopic (exact) mass is 1560 g/mol. The Kier molecular flexibility index (Phi) is 38.3. The van der Waals surface area contributed by atoms with Gasteiger partial charge in [0.2, 0.25) is 76.8 Å². The number of benzene rings is 2. The van der Waals surface area contributed by atoms with E-state index in [0.717, 1.165) is 18.2 Å². The Morgan fingerprint density at radius 1 is 0.532 bits per heavy atom. The number of carboxylic acids is 1. The van der Waals surface area contributed by atoms with Gasteiger partial charge in [0, 0.05) is 44.8 Å². The van der Waals surface area contributed by atoms with Crippen molar-refractivity contribution in [2.24, 2.45) is 66.8 Å². The summed E-state index contributed by atoms with van der Waals surface area (Å²) in [5.41, 5.74) is 43.7. The predicted octanol–water partition coefficient (Wildman–Crippen LogP) is -5.88. The lowest BCUT2D eigenvalue weighted by Gasteiger charge is -2.31. The van der Waals surface area contributed by atoms with E-state index in [0.29, 0.717) is 23.7 Å².